The molecule has 0 saturated carbocycles. The van der Waals surface area contributed by atoms with E-state index < -0.39 is 0 Å². The normalized spacial score (nSPS) is 10.4. The van der Waals surface area contributed by atoms with Gasteiger partial charge in [0.25, 0.3) is 5.91 Å². The monoisotopic (exact) mass is 313 g/mol. The second-order valence-electron chi connectivity index (χ2n) is 4.63. The summed E-state index contributed by atoms with van der Waals surface area (Å²) < 4.78 is 5.17. The van der Waals surface area contributed by atoms with E-state index >= 15 is 0 Å². The minimum Gasteiger partial charge on any atom is -0.355 e. The van der Waals surface area contributed by atoms with Crippen molar-refractivity contribution < 1.29 is 9.32 Å². The zero-order valence-electron chi connectivity index (χ0n) is 11.5. The Morgan fingerprint density at radius 2 is 2.05 bits per heavy atom. The van der Waals surface area contributed by atoms with E-state index in [1.54, 1.807) is 36.7 Å². The topological polar surface area (TPSA) is 68.0 Å². The fourth-order valence-corrected chi connectivity index (χ4v) is 2.03. The minimum atomic E-state index is -0.297. The molecule has 0 spiro atoms. The lowest BCUT2D eigenvalue weighted by Crippen LogP contribution is -2.22. The van der Waals surface area contributed by atoms with Crippen molar-refractivity contribution in [1.29, 1.82) is 0 Å². The first kappa shape index (κ1) is 14.3. The van der Waals surface area contributed by atoms with E-state index in [0.717, 1.165) is 11.1 Å². The molecule has 0 aliphatic carbocycles. The Bertz CT molecular complexity index is 770. The standard InChI is InChI=1S/C16H12ClN3O2/c17-13-5-3-11(4-6-13)9-19-16(21)14-8-15(22-20-14)12-2-1-7-18-10-12/h1-8,10H,9H2,(H,19,21). The number of carbonyl (C=O) groups excluding carboxylic acids is 1. The van der Waals surface area contributed by atoms with Crippen LogP contribution in [0.4, 0.5) is 0 Å². The average molecular weight is 314 g/mol. The smallest absolute Gasteiger partial charge is 0.273 e. The Morgan fingerprint density at radius 3 is 2.77 bits per heavy atom. The van der Waals surface area contributed by atoms with E-state index in [2.05, 4.69) is 15.5 Å². The van der Waals surface area contributed by atoms with E-state index in [-0.39, 0.29) is 11.6 Å². The van der Waals surface area contributed by atoms with Crippen LogP contribution in [0, 0.1) is 0 Å². The van der Waals surface area contributed by atoms with Crippen LogP contribution in [0.3, 0.4) is 0 Å². The number of carbonyl (C=O) groups is 1. The summed E-state index contributed by atoms with van der Waals surface area (Å²) in [5, 5.41) is 7.22. The number of nitrogens with zero attached hydrogens (tertiary/aromatic N) is 2. The zero-order valence-corrected chi connectivity index (χ0v) is 12.2. The number of halogens is 1. The first-order valence-electron chi connectivity index (χ1n) is 6.62. The Kier molecular flexibility index (Phi) is 4.16. The van der Waals surface area contributed by atoms with Crippen molar-refractivity contribution >= 4 is 17.5 Å². The van der Waals surface area contributed by atoms with E-state index in [9.17, 15) is 4.79 Å². The van der Waals surface area contributed by atoms with Crippen molar-refractivity contribution in [2.75, 3.05) is 0 Å². The molecule has 0 atom stereocenters. The number of hydrogen-bond donors (Lipinski definition) is 1. The van der Waals surface area contributed by atoms with Crippen LogP contribution < -0.4 is 5.32 Å². The van der Waals surface area contributed by atoms with E-state index in [1.807, 2.05) is 18.2 Å². The Morgan fingerprint density at radius 1 is 1.23 bits per heavy atom. The van der Waals surface area contributed by atoms with Crippen LogP contribution in [-0.2, 0) is 6.54 Å². The maximum Gasteiger partial charge on any atom is 0.273 e. The Balaban J connectivity index is 1.66. The third-order valence-corrected chi connectivity index (χ3v) is 3.31. The van der Waals surface area contributed by atoms with Crippen LogP contribution >= 0.6 is 11.6 Å². The summed E-state index contributed by atoms with van der Waals surface area (Å²) in [7, 11) is 0. The summed E-state index contributed by atoms with van der Waals surface area (Å²) in [6, 6.07) is 12.5. The van der Waals surface area contributed by atoms with Gasteiger partial charge in [-0.3, -0.25) is 9.78 Å². The van der Waals surface area contributed by atoms with Crippen LogP contribution in [0.15, 0.2) is 59.4 Å². The molecule has 0 aliphatic heterocycles. The number of hydrogen-bond acceptors (Lipinski definition) is 4. The largest absolute Gasteiger partial charge is 0.355 e. The molecular weight excluding hydrogens is 302 g/mol. The third-order valence-electron chi connectivity index (χ3n) is 3.06. The third kappa shape index (κ3) is 3.32. The van der Waals surface area contributed by atoms with Crippen molar-refractivity contribution in [3.8, 4) is 11.3 Å². The van der Waals surface area contributed by atoms with Gasteiger partial charge in [-0.05, 0) is 29.8 Å². The lowest BCUT2D eigenvalue weighted by molar-refractivity contribution is 0.0942. The van der Waals surface area contributed by atoms with Crippen LogP contribution in [0.2, 0.25) is 5.02 Å². The van der Waals surface area contributed by atoms with Crippen LogP contribution in [0.25, 0.3) is 11.3 Å². The molecule has 1 aromatic carbocycles. The zero-order chi connectivity index (χ0) is 15.4. The molecule has 1 N–H and O–H groups in total. The number of benzene rings is 1. The van der Waals surface area contributed by atoms with Crippen LogP contribution in [0.5, 0.6) is 0 Å². The van der Waals surface area contributed by atoms with Crippen LogP contribution in [-0.4, -0.2) is 16.0 Å². The molecule has 3 rings (SSSR count). The molecular formula is C16H12ClN3O2. The summed E-state index contributed by atoms with van der Waals surface area (Å²) in [4.78, 5) is 16.1. The first-order valence-corrected chi connectivity index (χ1v) is 7.00. The molecule has 5 nitrogen and oxygen atoms in total. The lowest BCUT2D eigenvalue weighted by atomic mass is 10.2. The van der Waals surface area contributed by atoms with Gasteiger partial charge >= 0.3 is 0 Å². The maximum atomic E-state index is 12.1. The average Bonchev–Trinajstić information content (AvgIpc) is 3.05. The van der Waals surface area contributed by atoms with Gasteiger partial charge in [0.15, 0.2) is 11.5 Å². The highest BCUT2D eigenvalue weighted by Gasteiger charge is 2.13. The summed E-state index contributed by atoms with van der Waals surface area (Å²) in [5.74, 6) is 0.207. The van der Waals surface area contributed by atoms with Crippen LogP contribution in [0.1, 0.15) is 16.1 Å². The van der Waals surface area contributed by atoms with Crippen molar-refractivity contribution in [3.05, 3.63) is 71.1 Å². The number of amides is 1. The molecule has 0 saturated heterocycles. The molecule has 0 bridgehead atoms. The van der Waals surface area contributed by atoms with Crippen molar-refractivity contribution in [3.63, 3.8) is 0 Å². The van der Waals surface area contributed by atoms with Gasteiger partial charge in [-0.2, -0.15) is 0 Å². The molecule has 2 aromatic heterocycles. The number of nitrogens with one attached hydrogen (secondary N) is 1. The molecule has 3 aromatic rings. The highest BCUT2D eigenvalue weighted by atomic mass is 35.5. The van der Waals surface area contributed by atoms with Gasteiger partial charge in [-0.25, -0.2) is 0 Å². The number of rotatable bonds is 4. The summed E-state index contributed by atoms with van der Waals surface area (Å²) in [6.07, 6.45) is 3.31. The fourth-order valence-electron chi connectivity index (χ4n) is 1.90. The van der Waals surface area contributed by atoms with Gasteiger partial charge < -0.3 is 9.84 Å². The quantitative estimate of drug-likeness (QED) is 0.802. The van der Waals surface area contributed by atoms with Gasteiger partial charge in [0.2, 0.25) is 0 Å². The van der Waals surface area contributed by atoms with Crippen molar-refractivity contribution in [1.82, 2.24) is 15.5 Å². The molecule has 0 radical (unpaired) electrons. The fraction of sp³-hybridized carbons (Fsp3) is 0.0625. The van der Waals surface area contributed by atoms with Gasteiger partial charge in [-0.15, -0.1) is 0 Å². The number of pyridine rings is 1. The predicted molar refractivity (Wildman–Crippen MR) is 82.4 cm³/mol. The first-order chi connectivity index (χ1) is 10.7. The van der Waals surface area contributed by atoms with E-state index in [0.29, 0.717) is 17.3 Å². The molecule has 6 heteroatoms. The maximum absolute atomic E-state index is 12.1. The van der Waals surface area contributed by atoms with E-state index in [1.165, 1.54) is 0 Å². The van der Waals surface area contributed by atoms with Crippen molar-refractivity contribution in [2.45, 2.75) is 6.54 Å². The molecule has 2 heterocycles. The molecule has 1 amide bonds. The van der Waals surface area contributed by atoms with Gasteiger partial charge in [-0.1, -0.05) is 28.9 Å². The molecule has 0 unspecified atom stereocenters. The molecule has 0 aliphatic rings. The molecule has 0 fully saturated rings. The summed E-state index contributed by atoms with van der Waals surface area (Å²) in [6.45, 7) is 0.394. The molecule has 22 heavy (non-hydrogen) atoms. The van der Waals surface area contributed by atoms with Crippen molar-refractivity contribution in [2.24, 2.45) is 0 Å². The van der Waals surface area contributed by atoms with E-state index in [4.69, 9.17) is 16.1 Å². The summed E-state index contributed by atoms with van der Waals surface area (Å²) >= 11 is 5.82. The highest BCUT2D eigenvalue weighted by Crippen LogP contribution is 2.18. The second-order valence-corrected chi connectivity index (χ2v) is 5.06. The number of aromatic nitrogens is 2. The lowest BCUT2D eigenvalue weighted by Gasteiger charge is -2.02. The summed E-state index contributed by atoms with van der Waals surface area (Å²) in [5.41, 5.74) is 1.95. The minimum absolute atomic E-state index is 0.229. The van der Waals surface area contributed by atoms with Gasteiger partial charge in [0, 0.05) is 35.6 Å². The Labute approximate surface area is 131 Å². The Hall–Kier alpha value is -2.66. The predicted octanol–water partition coefficient (Wildman–Crippen LogP) is 3.32. The molecule has 110 valence electrons. The second kappa shape index (κ2) is 6.41. The SMILES string of the molecule is O=C(NCc1ccc(Cl)cc1)c1cc(-c2cccnc2)on1. The van der Waals surface area contributed by atoms with Gasteiger partial charge in [0.1, 0.15) is 0 Å². The highest BCUT2D eigenvalue weighted by molar-refractivity contribution is 6.30. The van der Waals surface area contributed by atoms with Gasteiger partial charge in [0.05, 0.1) is 0 Å².